The summed E-state index contributed by atoms with van der Waals surface area (Å²) >= 11 is 6.08. The Morgan fingerprint density at radius 1 is 1.22 bits per heavy atom. The molecule has 142 valence electrons. The molecule has 27 heavy (non-hydrogen) atoms. The van der Waals surface area contributed by atoms with Gasteiger partial charge in [0.1, 0.15) is 0 Å². The van der Waals surface area contributed by atoms with Gasteiger partial charge in [-0.15, -0.1) is 0 Å². The van der Waals surface area contributed by atoms with Crippen molar-refractivity contribution >= 4 is 34.8 Å². The number of anilines is 1. The molecule has 2 aromatic rings. The van der Waals surface area contributed by atoms with Crippen molar-refractivity contribution in [3.05, 3.63) is 68.7 Å². The molecule has 0 radical (unpaired) electrons. The summed E-state index contributed by atoms with van der Waals surface area (Å²) in [4.78, 5) is 36.0. The lowest BCUT2D eigenvalue weighted by atomic mass is 10.2. The van der Waals surface area contributed by atoms with E-state index in [-0.39, 0.29) is 30.6 Å². The van der Waals surface area contributed by atoms with Crippen LogP contribution in [0.3, 0.4) is 0 Å². The number of nitrogens with zero attached hydrogens (tertiary/aromatic N) is 2. The molecule has 0 saturated heterocycles. The molecule has 2 aromatic carbocycles. The first kappa shape index (κ1) is 20.3. The summed E-state index contributed by atoms with van der Waals surface area (Å²) in [6.45, 7) is 0.315. The number of nitro benzene ring substituents is 1. The minimum Gasteiger partial charge on any atom is -0.355 e. The summed E-state index contributed by atoms with van der Waals surface area (Å²) in [5.74, 6) is -0.531. The second kappa shape index (κ2) is 9.11. The van der Waals surface area contributed by atoms with Crippen LogP contribution < -0.4 is 10.6 Å². The number of non-ortho nitro benzene ring substituents is 1. The monoisotopic (exact) mass is 390 g/mol. The van der Waals surface area contributed by atoms with Gasteiger partial charge in [0.25, 0.3) is 11.6 Å². The Morgan fingerprint density at radius 2 is 1.96 bits per heavy atom. The summed E-state index contributed by atoms with van der Waals surface area (Å²) < 4.78 is 0. The van der Waals surface area contributed by atoms with Crippen LogP contribution in [-0.4, -0.2) is 42.3 Å². The zero-order valence-corrected chi connectivity index (χ0v) is 15.6. The van der Waals surface area contributed by atoms with Crippen molar-refractivity contribution in [2.45, 2.75) is 6.54 Å². The van der Waals surface area contributed by atoms with Crippen LogP contribution in [-0.2, 0) is 11.3 Å². The number of nitro groups is 1. The van der Waals surface area contributed by atoms with Crippen LogP contribution in [0.2, 0.25) is 5.02 Å². The van der Waals surface area contributed by atoms with Crippen LogP contribution >= 0.6 is 11.6 Å². The highest BCUT2D eigenvalue weighted by Gasteiger charge is 2.14. The van der Waals surface area contributed by atoms with Crippen molar-refractivity contribution in [2.75, 3.05) is 26.0 Å². The van der Waals surface area contributed by atoms with Crippen LogP contribution in [0.4, 0.5) is 11.4 Å². The first-order valence-electron chi connectivity index (χ1n) is 8.03. The third kappa shape index (κ3) is 5.77. The first-order chi connectivity index (χ1) is 12.8. The summed E-state index contributed by atoms with van der Waals surface area (Å²) in [7, 11) is 3.23. The number of benzene rings is 2. The number of amides is 2. The number of likely N-dealkylation sites (N-methyl/N-ethyl adjacent to an activating group) is 1. The van der Waals surface area contributed by atoms with E-state index >= 15 is 0 Å². The topological polar surface area (TPSA) is 105 Å². The molecular formula is C18H19ClN4O4. The van der Waals surface area contributed by atoms with Gasteiger partial charge in [-0.25, -0.2) is 0 Å². The minimum absolute atomic E-state index is 0.0449. The standard InChI is InChI=1S/C18H19ClN4O4/c1-20-18(25)12-4-3-5-14(8-12)21-17(24)11-22(2)10-13-9-15(23(26)27)6-7-16(13)19/h3-9H,10-11H2,1-2H3,(H,20,25)(H,21,24). The molecular weight excluding hydrogens is 372 g/mol. The fourth-order valence-electron chi connectivity index (χ4n) is 2.47. The van der Waals surface area contributed by atoms with Crippen LogP contribution in [0.1, 0.15) is 15.9 Å². The summed E-state index contributed by atoms with van der Waals surface area (Å²) in [5, 5.41) is 16.5. The number of carbonyl (C=O) groups is 2. The predicted molar refractivity (Wildman–Crippen MR) is 103 cm³/mol. The van der Waals surface area contributed by atoms with Gasteiger partial charge in [-0.3, -0.25) is 24.6 Å². The molecule has 0 atom stereocenters. The second-order valence-corrected chi connectivity index (χ2v) is 6.32. The summed E-state index contributed by atoms with van der Waals surface area (Å²) in [5.41, 5.74) is 1.44. The number of hydrogen-bond donors (Lipinski definition) is 2. The van der Waals surface area contributed by atoms with Crippen LogP contribution in [0.25, 0.3) is 0 Å². The maximum absolute atomic E-state index is 12.2. The zero-order chi connectivity index (χ0) is 20.0. The Morgan fingerprint density at radius 3 is 2.63 bits per heavy atom. The molecule has 0 aliphatic heterocycles. The highest BCUT2D eigenvalue weighted by atomic mass is 35.5. The lowest BCUT2D eigenvalue weighted by Crippen LogP contribution is -2.30. The van der Waals surface area contributed by atoms with Gasteiger partial charge in [-0.2, -0.15) is 0 Å². The average Bonchev–Trinajstić information content (AvgIpc) is 2.62. The molecule has 2 N–H and O–H groups in total. The lowest BCUT2D eigenvalue weighted by Gasteiger charge is -2.17. The van der Waals surface area contributed by atoms with Crippen molar-refractivity contribution in [3.63, 3.8) is 0 Å². The fraction of sp³-hybridized carbons (Fsp3) is 0.222. The van der Waals surface area contributed by atoms with Gasteiger partial charge in [0.2, 0.25) is 5.91 Å². The molecule has 0 aromatic heterocycles. The number of halogens is 1. The summed E-state index contributed by atoms with van der Waals surface area (Å²) in [6.07, 6.45) is 0. The highest BCUT2D eigenvalue weighted by molar-refractivity contribution is 6.31. The van der Waals surface area contributed by atoms with Crippen molar-refractivity contribution in [2.24, 2.45) is 0 Å². The molecule has 0 saturated carbocycles. The second-order valence-electron chi connectivity index (χ2n) is 5.91. The molecule has 0 heterocycles. The SMILES string of the molecule is CNC(=O)c1cccc(NC(=O)CN(C)Cc2cc([N+](=O)[O-])ccc2Cl)c1. The van der Waals surface area contributed by atoms with Gasteiger partial charge in [-0.05, 0) is 36.9 Å². The normalized spacial score (nSPS) is 10.5. The van der Waals surface area contributed by atoms with E-state index in [0.29, 0.717) is 21.8 Å². The number of rotatable bonds is 7. The van der Waals surface area contributed by atoms with E-state index in [1.54, 1.807) is 36.2 Å². The number of carbonyl (C=O) groups excluding carboxylic acids is 2. The van der Waals surface area contributed by atoms with Crippen LogP contribution in [0, 0.1) is 10.1 Å². The first-order valence-corrected chi connectivity index (χ1v) is 8.41. The average molecular weight is 391 g/mol. The van der Waals surface area contributed by atoms with Gasteiger partial charge < -0.3 is 10.6 Å². The Bertz CT molecular complexity index is 872. The number of nitrogens with one attached hydrogen (secondary N) is 2. The van der Waals surface area contributed by atoms with Crippen molar-refractivity contribution < 1.29 is 14.5 Å². The van der Waals surface area contributed by atoms with Crippen LogP contribution in [0.15, 0.2) is 42.5 Å². The number of hydrogen-bond acceptors (Lipinski definition) is 5. The third-order valence-electron chi connectivity index (χ3n) is 3.73. The largest absolute Gasteiger partial charge is 0.355 e. The molecule has 8 nitrogen and oxygen atoms in total. The molecule has 2 rings (SSSR count). The van der Waals surface area contributed by atoms with E-state index in [9.17, 15) is 19.7 Å². The molecule has 2 amide bonds. The Labute approximate surface area is 161 Å². The van der Waals surface area contributed by atoms with Gasteiger partial charge in [0.15, 0.2) is 0 Å². The maximum Gasteiger partial charge on any atom is 0.269 e. The molecule has 0 aliphatic carbocycles. The van der Waals surface area contributed by atoms with E-state index in [2.05, 4.69) is 10.6 Å². The Hall–Kier alpha value is -2.97. The van der Waals surface area contributed by atoms with Crippen molar-refractivity contribution in [3.8, 4) is 0 Å². The van der Waals surface area contributed by atoms with Gasteiger partial charge >= 0.3 is 0 Å². The zero-order valence-electron chi connectivity index (χ0n) is 14.9. The molecule has 0 unspecified atom stereocenters. The maximum atomic E-state index is 12.2. The fourth-order valence-corrected chi connectivity index (χ4v) is 2.65. The van der Waals surface area contributed by atoms with Crippen molar-refractivity contribution in [1.82, 2.24) is 10.2 Å². The highest BCUT2D eigenvalue weighted by Crippen LogP contribution is 2.23. The van der Waals surface area contributed by atoms with Crippen molar-refractivity contribution in [1.29, 1.82) is 0 Å². The van der Waals surface area contributed by atoms with E-state index in [1.807, 2.05) is 0 Å². The Balaban J connectivity index is 1.99. The van der Waals surface area contributed by atoms with Gasteiger partial charge in [-0.1, -0.05) is 17.7 Å². The predicted octanol–water partition coefficient (Wildman–Crippen LogP) is 2.68. The third-order valence-corrected chi connectivity index (χ3v) is 4.10. The van der Waals surface area contributed by atoms with Gasteiger partial charge in [0, 0.05) is 42.0 Å². The Kier molecular flexibility index (Phi) is 6.86. The quantitative estimate of drug-likeness (QED) is 0.558. The van der Waals surface area contributed by atoms with E-state index in [1.165, 1.54) is 25.2 Å². The lowest BCUT2D eigenvalue weighted by molar-refractivity contribution is -0.384. The van der Waals surface area contributed by atoms with E-state index < -0.39 is 4.92 Å². The van der Waals surface area contributed by atoms with E-state index in [4.69, 9.17) is 11.6 Å². The smallest absolute Gasteiger partial charge is 0.269 e. The minimum atomic E-state index is -0.494. The molecule has 0 bridgehead atoms. The molecule has 0 spiro atoms. The summed E-state index contributed by atoms with van der Waals surface area (Å²) in [6, 6.07) is 10.8. The molecule has 9 heteroatoms. The van der Waals surface area contributed by atoms with Crippen LogP contribution in [0.5, 0.6) is 0 Å². The molecule has 0 aliphatic rings. The molecule has 0 fully saturated rings. The van der Waals surface area contributed by atoms with Gasteiger partial charge in [0.05, 0.1) is 11.5 Å². The van der Waals surface area contributed by atoms with E-state index in [0.717, 1.165) is 0 Å².